The van der Waals surface area contributed by atoms with Gasteiger partial charge in [0.15, 0.2) is 5.96 Å². The zero-order valence-electron chi connectivity index (χ0n) is 14.8. The maximum absolute atomic E-state index is 4.68. The summed E-state index contributed by atoms with van der Waals surface area (Å²) in [6, 6.07) is 0.594. The minimum atomic E-state index is 0. The van der Waals surface area contributed by atoms with E-state index in [1.54, 1.807) is 0 Å². The first-order chi connectivity index (χ1) is 9.36. The summed E-state index contributed by atoms with van der Waals surface area (Å²) in [4.78, 5) is 7.13. The van der Waals surface area contributed by atoms with Crippen LogP contribution in [0.5, 0.6) is 0 Å². The van der Waals surface area contributed by atoms with Gasteiger partial charge in [0.1, 0.15) is 0 Å². The molecule has 128 valence electrons. The van der Waals surface area contributed by atoms with Gasteiger partial charge >= 0.3 is 0 Å². The predicted octanol–water partition coefficient (Wildman–Crippen LogP) is 3.03. The largest absolute Gasteiger partial charge is 0.357 e. The van der Waals surface area contributed by atoms with Crippen molar-refractivity contribution in [2.45, 2.75) is 52.3 Å². The normalized spacial score (nSPS) is 12.5. The molecule has 0 amide bonds. The lowest BCUT2D eigenvalue weighted by Gasteiger charge is -2.25. The second-order valence-electron chi connectivity index (χ2n) is 5.81. The third kappa shape index (κ3) is 11.5. The Morgan fingerprint density at radius 2 is 1.86 bits per heavy atom. The van der Waals surface area contributed by atoms with Crippen molar-refractivity contribution in [3.8, 4) is 0 Å². The van der Waals surface area contributed by atoms with Gasteiger partial charge in [-0.1, -0.05) is 6.92 Å². The summed E-state index contributed by atoms with van der Waals surface area (Å²) in [5, 5.41) is 6.74. The van der Waals surface area contributed by atoms with Crippen molar-refractivity contribution in [1.29, 1.82) is 0 Å². The van der Waals surface area contributed by atoms with Crippen molar-refractivity contribution in [3.63, 3.8) is 0 Å². The molecule has 0 aromatic carbocycles. The standard InChI is InChI=1S/C15H34N4S.HI/c1-8-16-14(18-12-15(5,6)20-7)17-10-11-19(9-2)13(3)4;/h13H,8-12H2,1-7H3,(H2,16,17,18);1H. The number of hydrogen-bond donors (Lipinski definition) is 2. The van der Waals surface area contributed by atoms with Crippen LogP contribution < -0.4 is 10.6 Å². The first-order valence-electron chi connectivity index (χ1n) is 7.67. The van der Waals surface area contributed by atoms with Gasteiger partial charge in [-0.05, 0) is 47.4 Å². The summed E-state index contributed by atoms with van der Waals surface area (Å²) in [5.74, 6) is 0.925. The zero-order valence-corrected chi connectivity index (χ0v) is 18.0. The molecule has 0 spiro atoms. The van der Waals surface area contributed by atoms with E-state index in [1.807, 2.05) is 11.8 Å². The fourth-order valence-electron chi connectivity index (χ4n) is 1.78. The van der Waals surface area contributed by atoms with E-state index in [-0.39, 0.29) is 28.7 Å². The van der Waals surface area contributed by atoms with Crippen LogP contribution >= 0.6 is 35.7 Å². The SMILES string of the molecule is CCNC(=NCC(C)(C)SC)NCCN(CC)C(C)C.I. The Kier molecular flexibility index (Phi) is 14.4. The highest BCUT2D eigenvalue weighted by molar-refractivity contribution is 14.0. The van der Waals surface area contributed by atoms with Crippen molar-refractivity contribution < 1.29 is 0 Å². The number of aliphatic imine (C=N–C) groups is 1. The fourth-order valence-corrected chi connectivity index (χ4v) is 1.97. The summed E-state index contributed by atoms with van der Waals surface area (Å²) < 4.78 is 0.190. The lowest BCUT2D eigenvalue weighted by molar-refractivity contribution is 0.237. The van der Waals surface area contributed by atoms with Crippen LogP contribution in [-0.2, 0) is 0 Å². The molecular formula is C15H35IN4S. The van der Waals surface area contributed by atoms with E-state index in [9.17, 15) is 0 Å². The molecule has 0 aromatic heterocycles. The third-order valence-electron chi connectivity index (χ3n) is 3.34. The summed E-state index contributed by atoms with van der Waals surface area (Å²) in [5.41, 5.74) is 0. The van der Waals surface area contributed by atoms with Gasteiger partial charge in [-0.2, -0.15) is 11.8 Å². The number of nitrogens with zero attached hydrogens (tertiary/aromatic N) is 2. The van der Waals surface area contributed by atoms with Crippen LogP contribution in [0, 0.1) is 0 Å². The predicted molar refractivity (Wildman–Crippen MR) is 109 cm³/mol. The van der Waals surface area contributed by atoms with Crippen molar-refractivity contribution in [3.05, 3.63) is 0 Å². The topological polar surface area (TPSA) is 39.7 Å². The molecule has 0 aliphatic carbocycles. The van der Waals surface area contributed by atoms with Crippen molar-refractivity contribution in [2.75, 3.05) is 39.0 Å². The first kappa shape index (κ1) is 23.6. The molecule has 0 saturated heterocycles. The number of guanidine groups is 1. The van der Waals surface area contributed by atoms with Gasteiger partial charge in [0, 0.05) is 30.4 Å². The highest BCUT2D eigenvalue weighted by Crippen LogP contribution is 2.20. The Bertz CT molecular complexity index is 283. The summed E-state index contributed by atoms with van der Waals surface area (Å²) >= 11 is 1.85. The number of halogens is 1. The lowest BCUT2D eigenvalue weighted by atomic mass is 10.2. The molecular weight excluding hydrogens is 395 g/mol. The van der Waals surface area contributed by atoms with Crippen molar-refractivity contribution >= 4 is 41.7 Å². The molecule has 0 bridgehead atoms. The van der Waals surface area contributed by atoms with Crippen molar-refractivity contribution in [1.82, 2.24) is 15.5 Å². The molecule has 0 saturated carbocycles. The molecule has 21 heavy (non-hydrogen) atoms. The number of likely N-dealkylation sites (N-methyl/N-ethyl adjacent to an activating group) is 1. The van der Waals surface area contributed by atoms with Crippen LogP contribution in [0.15, 0.2) is 4.99 Å². The second kappa shape index (κ2) is 12.8. The molecule has 2 N–H and O–H groups in total. The minimum Gasteiger partial charge on any atom is -0.357 e. The quantitative estimate of drug-likeness (QED) is 0.335. The Morgan fingerprint density at radius 1 is 1.24 bits per heavy atom. The van der Waals surface area contributed by atoms with Gasteiger partial charge in [0.05, 0.1) is 6.54 Å². The Balaban J connectivity index is 0. The maximum atomic E-state index is 4.68. The summed E-state index contributed by atoms with van der Waals surface area (Å²) in [6.45, 7) is 18.0. The Labute approximate surface area is 153 Å². The zero-order chi connectivity index (χ0) is 15.6. The van der Waals surface area contributed by atoms with Gasteiger partial charge in [-0.3, -0.25) is 9.89 Å². The van der Waals surface area contributed by atoms with E-state index in [0.29, 0.717) is 6.04 Å². The number of thioether (sulfide) groups is 1. The van der Waals surface area contributed by atoms with Crippen LogP contribution in [0.1, 0.15) is 41.5 Å². The molecule has 0 rings (SSSR count). The molecule has 6 heteroatoms. The van der Waals surface area contributed by atoms with Crippen LogP contribution in [0.4, 0.5) is 0 Å². The number of hydrogen-bond acceptors (Lipinski definition) is 3. The average molecular weight is 430 g/mol. The molecule has 0 heterocycles. The average Bonchev–Trinajstić information content (AvgIpc) is 2.40. The summed E-state index contributed by atoms with van der Waals surface area (Å²) in [7, 11) is 0. The van der Waals surface area contributed by atoms with Crippen LogP contribution in [-0.4, -0.2) is 60.6 Å². The molecule has 0 aliphatic rings. The van der Waals surface area contributed by atoms with Crippen LogP contribution in [0.2, 0.25) is 0 Å². The fraction of sp³-hybridized carbons (Fsp3) is 0.933. The number of rotatable bonds is 9. The van der Waals surface area contributed by atoms with Gasteiger partial charge < -0.3 is 10.6 Å². The van der Waals surface area contributed by atoms with E-state index in [0.717, 1.165) is 38.7 Å². The highest BCUT2D eigenvalue weighted by atomic mass is 127. The van der Waals surface area contributed by atoms with Gasteiger partial charge in [-0.15, -0.1) is 24.0 Å². The lowest BCUT2D eigenvalue weighted by Crippen LogP contribution is -2.43. The number of nitrogens with one attached hydrogen (secondary N) is 2. The summed E-state index contributed by atoms with van der Waals surface area (Å²) in [6.07, 6.45) is 2.14. The molecule has 0 aromatic rings. The van der Waals surface area contributed by atoms with E-state index in [2.05, 4.69) is 68.3 Å². The van der Waals surface area contributed by atoms with Crippen molar-refractivity contribution in [2.24, 2.45) is 4.99 Å². The van der Waals surface area contributed by atoms with Gasteiger partial charge in [0.25, 0.3) is 0 Å². The monoisotopic (exact) mass is 430 g/mol. The van der Waals surface area contributed by atoms with E-state index in [4.69, 9.17) is 0 Å². The molecule has 0 radical (unpaired) electrons. The smallest absolute Gasteiger partial charge is 0.191 e. The van der Waals surface area contributed by atoms with Crippen LogP contribution in [0.3, 0.4) is 0 Å². The first-order valence-corrected chi connectivity index (χ1v) is 8.90. The van der Waals surface area contributed by atoms with E-state index < -0.39 is 0 Å². The maximum Gasteiger partial charge on any atom is 0.191 e. The third-order valence-corrected chi connectivity index (χ3v) is 4.58. The highest BCUT2D eigenvalue weighted by Gasteiger charge is 2.15. The Hall–Kier alpha value is 0.310. The molecule has 0 fully saturated rings. The molecule has 0 unspecified atom stereocenters. The van der Waals surface area contributed by atoms with Gasteiger partial charge in [0.2, 0.25) is 0 Å². The molecule has 0 aliphatic heterocycles. The minimum absolute atomic E-state index is 0. The van der Waals surface area contributed by atoms with E-state index >= 15 is 0 Å². The molecule has 4 nitrogen and oxygen atoms in total. The van der Waals surface area contributed by atoms with E-state index in [1.165, 1.54) is 0 Å². The second-order valence-corrected chi connectivity index (χ2v) is 7.32. The van der Waals surface area contributed by atoms with Gasteiger partial charge in [-0.25, -0.2) is 0 Å². The van der Waals surface area contributed by atoms with Crippen LogP contribution in [0.25, 0.3) is 0 Å². The molecule has 0 atom stereocenters. The Morgan fingerprint density at radius 3 is 2.29 bits per heavy atom.